The molecule has 1 heterocycles. The van der Waals surface area contributed by atoms with Crippen LogP contribution in [0.25, 0.3) is 16.5 Å². The van der Waals surface area contributed by atoms with Crippen molar-refractivity contribution in [3.8, 4) is 11.4 Å². The molecule has 0 spiro atoms. The van der Waals surface area contributed by atoms with Crippen molar-refractivity contribution in [1.82, 2.24) is 9.55 Å². The van der Waals surface area contributed by atoms with E-state index in [4.69, 9.17) is 0 Å². The third-order valence-electron chi connectivity index (χ3n) is 3.02. The molecule has 7 heteroatoms. The van der Waals surface area contributed by atoms with E-state index in [-0.39, 0.29) is 21.7 Å². The van der Waals surface area contributed by atoms with E-state index in [2.05, 4.69) is 4.98 Å². The maximum atomic E-state index is 11.5. The number of benzene rings is 2. The Hall–Kier alpha value is -2.38. The molecule has 0 amide bonds. The van der Waals surface area contributed by atoms with Crippen LogP contribution in [0.4, 0.5) is 0 Å². The SMILES string of the molecule is O=S(=O)(O)c1cc(-n2ccnc2)c(O)c2ccccc12. The summed E-state index contributed by atoms with van der Waals surface area (Å²) in [6.07, 6.45) is 4.50. The van der Waals surface area contributed by atoms with Gasteiger partial charge in [0, 0.05) is 23.2 Å². The van der Waals surface area contributed by atoms with E-state index in [1.54, 1.807) is 24.4 Å². The van der Waals surface area contributed by atoms with Crippen molar-refractivity contribution in [1.29, 1.82) is 0 Å². The van der Waals surface area contributed by atoms with Gasteiger partial charge in [-0.25, -0.2) is 4.98 Å². The summed E-state index contributed by atoms with van der Waals surface area (Å²) >= 11 is 0. The summed E-state index contributed by atoms with van der Waals surface area (Å²) in [5.74, 6) is -0.0778. The molecule has 0 atom stereocenters. The summed E-state index contributed by atoms with van der Waals surface area (Å²) in [6.45, 7) is 0. The minimum atomic E-state index is -4.40. The lowest BCUT2D eigenvalue weighted by Gasteiger charge is -2.11. The van der Waals surface area contributed by atoms with Gasteiger partial charge < -0.3 is 9.67 Å². The Morgan fingerprint density at radius 1 is 1.15 bits per heavy atom. The Morgan fingerprint density at radius 3 is 2.45 bits per heavy atom. The molecule has 0 saturated heterocycles. The van der Waals surface area contributed by atoms with Crippen LogP contribution < -0.4 is 0 Å². The first-order valence-electron chi connectivity index (χ1n) is 5.69. The maximum absolute atomic E-state index is 11.5. The van der Waals surface area contributed by atoms with Gasteiger partial charge in [-0.15, -0.1) is 0 Å². The van der Waals surface area contributed by atoms with Crippen molar-refractivity contribution in [2.24, 2.45) is 0 Å². The van der Waals surface area contributed by atoms with E-state index in [0.29, 0.717) is 5.39 Å². The van der Waals surface area contributed by atoms with Gasteiger partial charge in [-0.05, 0) is 6.07 Å². The van der Waals surface area contributed by atoms with E-state index in [1.165, 1.54) is 29.2 Å². The predicted molar refractivity (Wildman–Crippen MR) is 72.5 cm³/mol. The van der Waals surface area contributed by atoms with Gasteiger partial charge in [0.1, 0.15) is 10.6 Å². The molecule has 3 rings (SSSR count). The zero-order valence-electron chi connectivity index (χ0n) is 10.1. The van der Waals surface area contributed by atoms with Gasteiger partial charge in [0.15, 0.2) is 0 Å². The lowest BCUT2D eigenvalue weighted by atomic mass is 10.1. The van der Waals surface area contributed by atoms with E-state index in [1.807, 2.05) is 0 Å². The first kappa shape index (κ1) is 12.6. The van der Waals surface area contributed by atoms with Crippen molar-refractivity contribution in [2.45, 2.75) is 4.90 Å². The minimum Gasteiger partial charge on any atom is -0.505 e. The lowest BCUT2D eigenvalue weighted by Crippen LogP contribution is -2.02. The topological polar surface area (TPSA) is 92.4 Å². The van der Waals surface area contributed by atoms with Crippen LogP contribution >= 0.6 is 0 Å². The predicted octanol–water partition coefficient (Wildman–Crippen LogP) is 1.98. The number of phenols is 1. The number of fused-ring (bicyclic) bond motifs is 1. The molecule has 0 fully saturated rings. The normalized spacial score (nSPS) is 11.8. The second-order valence-corrected chi connectivity index (χ2v) is 5.62. The number of aromatic nitrogens is 2. The molecule has 2 N–H and O–H groups in total. The van der Waals surface area contributed by atoms with Gasteiger partial charge in [-0.2, -0.15) is 8.42 Å². The van der Waals surface area contributed by atoms with Gasteiger partial charge in [0.2, 0.25) is 0 Å². The number of hydrogen-bond donors (Lipinski definition) is 2. The summed E-state index contributed by atoms with van der Waals surface area (Å²) in [7, 11) is -4.40. The van der Waals surface area contributed by atoms with Gasteiger partial charge in [0.05, 0.1) is 12.0 Å². The molecule has 2 aromatic carbocycles. The van der Waals surface area contributed by atoms with Gasteiger partial charge in [-0.1, -0.05) is 24.3 Å². The number of hydrogen-bond acceptors (Lipinski definition) is 4. The van der Waals surface area contributed by atoms with Crippen molar-refractivity contribution >= 4 is 20.9 Å². The number of aromatic hydroxyl groups is 1. The molecule has 0 aliphatic heterocycles. The molecule has 0 aliphatic rings. The maximum Gasteiger partial charge on any atom is 0.295 e. The highest BCUT2D eigenvalue weighted by Gasteiger charge is 2.19. The Balaban J connectivity index is 2.48. The van der Waals surface area contributed by atoms with Crippen LogP contribution in [-0.2, 0) is 10.1 Å². The van der Waals surface area contributed by atoms with E-state index in [0.717, 1.165) is 0 Å². The molecule has 1 aromatic heterocycles. The summed E-state index contributed by atoms with van der Waals surface area (Å²) in [4.78, 5) is 3.60. The zero-order valence-corrected chi connectivity index (χ0v) is 10.9. The fourth-order valence-corrected chi connectivity index (χ4v) is 2.84. The molecular formula is C13H10N2O4S. The third kappa shape index (κ3) is 1.93. The van der Waals surface area contributed by atoms with Crippen LogP contribution in [-0.4, -0.2) is 27.6 Å². The van der Waals surface area contributed by atoms with Crippen LogP contribution in [0.5, 0.6) is 5.75 Å². The van der Waals surface area contributed by atoms with Crippen LogP contribution in [0.3, 0.4) is 0 Å². The quantitative estimate of drug-likeness (QED) is 0.704. The molecule has 0 radical (unpaired) electrons. The molecule has 20 heavy (non-hydrogen) atoms. The largest absolute Gasteiger partial charge is 0.505 e. The van der Waals surface area contributed by atoms with Crippen LogP contribution in [0, 0.1) is 0 Å². The number of imidazole rings is 1. The molecule has 0 unspecified atom stereocenters. The van der Waals surface area contributed by atoms with Gasteiger partial charge in [-0.3, -0.25) is 4.55 Å². The average Bonchev–Trinajstić information content (AvgIpc) is 2.92. The number of phenolic OH excluding ortho intramolecular Hbond substituents is 1. The Kier molecular flexibility index (Phi) is 2.73. The highest BCUT2D eigenvalue weighted by Crippen LogP contribution is 2.35. The smallest absolute Gasteiger partial charge is 0.295 e. The molecule has 0 bridgehead atoms. The lowest BCUT2D eigenvalue weighted by molar-refractivity contribution is 0.476. The monoisotopic (exact) mass is 290 g/mol. The zero-order chi connectivity index (χ0) is 14.3. The molecular weight excluding hydrogens is 280 g/mol. The van der Waals surface area contributed by atoms with Crippen molar-refractivity contribution in [3.63, 3.8) is 0 Å². The van der Waals surface area contributed by atoms with Gasteiger partial charge >= 0.3 is 0 Å². The first-order valence-corrected chi connectivity index (χ1v) is 7.13. The van der Waals surface area contributed by atoms with Gasteiger partial charge in [0.25, 0.3) is 10.1 Å². The summed E-state index contributed by atoms with van der Waals surface area (Å²) < 4.78 is 33.9. The standard InChI is InChI=1S/C13H10N2O4S/c16-13-10-4-2-1-3-9(10)12(20(17,18)19)7-11(13)15-6-5-14-8-15/h1-8,16H,(H,17,18,19). The van der Waals surface area contributed by atoms with E-state index in [9.17, 15) is 18.1 Å². The Morgan fingerprint density at radius 2 is 1.85 bits per heavy atom. The summed E-state index contributed by atoms with van der Waals surface area (Å²) in [5.41, 5.74) is 0.230. The fourth-order valence-electron chi connectivity index (χ4n) is 2.12. The highest BCUT2D eigenvalue weighted by molar-refractivity contribution is 7.86. The Bertz CT molecular complexity index is 886. The Labute approximate surface area is 114 Å². The average molecular weight is 290 g/mol. The number of rotatable bonds is 2. The van der Waals surface area contributed by atoms with E-state index < -0.39 is 10.1 Å². The summed E-state index contributed by atoms with van der Waals surface area (Å²) in [6, 6.07) is 7.63. The second kappa shape index (κ2) is 4.32. The molecule has 0 saturated carbocycles. The molecule has 3 aromatic rings. The summed E-state index contributed by atoms with van der Waals surface area (Å²) in [5, 5.41) is 10.9. The van der Waals surface area contributed by atoms with Crippen LogP contribution in [0.15, 0.2) is 53.9 Å². The van der Waals surface area contributed by atoms with Crippen molar-refractivity contribution in [2.75, 3.05) is 0 Å². The van der Waals surface area contributed by atoms with Crippen LogP contribution in [0.1, 0.15) is 0 Å². The fraction of sp³-hybridized carbons (Fsp3) is 0. The first-order chi connectivity index (χ1) is 9.48. The number of nitrogens with zero attached hydrogens (tertiary/aromatic N) is 2. The van der Waals surface area contributed by atoms with E-state index >= 15 is 0 Å². The molecule has 102 valence electrons. The minimum absolute atomic E-state index is 0.0778. The third-order valence-corrected chi connectivity index (χ3v) is 3.91. The highest BCUT2D eigenvalue weighted by atomic mass is 32.2. The van der Waals surface area contributed by atoms with Crippen molar-refractivity contribution < 1.29 is 18.1 Å². The van der Waals surface area contributed by atoms with Crippen LogP contribution in [0.2, 0.25) is 0 Å². The van der Waals surface area contributed by atoms with Crippen molar-refractivity contribution in [3.05, 3.63) is 49.1 Å². The molecule has 6 nitrogen and oxygen atoms in total. The second-order valence-electron chi connectivity index (χ2n) is 4.23. The molecule has 0 aliphatic carbocycles.